The molecule has 2 rings (SSSR count). The number of ether oxygens (including phenoxy) is 2. The highest BCUT2D eigenvalue weighted by Gasteiger charge is 2.23. The smallest absolute Gasteiger partial charge is 0.133 e. The van der Waals surface area contributed by atoms with Crippen molar-refractivity contribution >= 4 is 0 Å². The third kappa shape index (κ3) is 2.38. The third-order valence-electron chi connectivity index (χ3n) is 2.99. The first-order valence-electron chi connectivity index (χ1n) is 5.82. The van der Waals surface area contributed by atoms with E-state index < -0.39 is 5.92 Å². The summed E-state index contributed by atoms with van der Waals surface area (Å²) >= 11 is 0. The molecule has 0 saturated carbocycles. The van der Waals surface area contributed by atoms with Gasteiger partial charge < -0.3 is 14.5 Å². The molecule has 1 heterocycles. The summed E-state index contributed by atoms with van der Waals surface area (Å²) in [6.07, 6.45) is 3.33. The summed E-state index contributed by atoms with van der Waals surface area (Å²) < 4.78 is 10.6. The lowest BCUT2D eigenvalue weighted by Gasteiger charge is -2.16. The molecule has 0 fully saturated rings. The highest BCUT2D eigenvalue weighted by Crippen LogP contribution is 2.35. The van der Waals surface area contributed by atoms with Gasteiger partial charge in [0.15, 0.2) is 0 Å². The predicted molar refractivity (Wildman–Crippen MR) is 70.3 cm³/mol. The van der Waals surface area contributed by atoms with Gasteiger partial charge in [-0.25, -0.2) is 4.98 Å². The number of methoxy groups -OCH3 is 2. The fraction of sp³-hybridized carbons (Fsp3) is 0.286. The summed E-state index contributed by atoms with van der Waals surface area (Å²) in [4.78, 5) is 7.13. The lowest BCUT2D eigenvalue weighted by atomic mass is 9.94. The van der Waals surface area contributed by atoms with Crippen LogP contribution in [0.15, 0.2) is 24.5 Å². The van der Waals surface area contributed by atoms with Crippen LogP contribution in [-0.2, 0) is 0 Å². The van der Waals surface area contributed by atoms with E-state index in [0.717, 1.165) is 11.1 Å². The summed E-state index contributed by atoms with van der Waals surface area (Å²) in [6.45, 7) is 1.92. The molecule has 0 aliphatic heterocycles. The van der Waals surface area contributed by atoms with Gasteiger partial charge in [0.05, 0.1) is 20.3 Å². The van der Waals surface area contributed by atoms with E-state index in [0.29, 0.717) is 17.3 Å². The molecule has 98 valence electrons. The first-order valence-corrected chi connectivity index (χ1v) is 5.82. The highest BCUT2D eigenvalue weighted by molar-refractivity contribution is 5.51. The van der Waals surface area contributed by atoms with Crippen LogP contribution in [0.25, 0.3) is 0 Å². The van der Waals surface area contributed by atoms with Crippen molar-refractivity contribution in [1.29, 1.82) is 5.26 Å². The lowest BCUT2D eigenvalue weighted by Crippen LogP contribution is -2.06. The SMILES string of the molecule is COc1cc(C)c(C(C#N)c2ncc[nH]2)c(OC)c1. The van der Waals surface area contributed by atoms with Crippen molar-refractivity contribution in [2.75, 3.05) is 14.2 Å². The third-order valence-corrected chi connectivity index (χ3v) is 2.99. The Hall–Kier alpha value is -2.48. The van der Waals surface area contributed by atoms with Gasteiger partial charge in [-0.3, -0.25) is 0 Å². The Bertz CT molecular complexity index is 600. The molecule has 0 bridgehead atoms. The number of benzene rings is 1. The second kappa shape index (κ2) is 5.44. The number of hydrogen-bond acceptors (Lipinski definition) is 4. The fourth-order valence-electron chi connectivity index (χ4n) is 2.09. The van der Waals surface area contributed by atoms with Gasteiger partial charge in [0, 0.05) is 24.0 Å². The summed E-state index contributed by atoms with van der Waals surface area (Å²) in [6, 6.07) is 5.91. The Morgan fingerprint density at radius 2 is 2.11 bits per heavy atom. The molecule has 0 aliphatic carbocycles. The first kappa shape index (κ1) is 13.0. The van der Waals surface area contributed by atoms with Crippen LogP contribution in [0.3, 0.4) is 0 Å². The molecule has 0 radical (unpaired) electrons. The quantitative estimate of drug-likeness (QED) is 0.912. The average Bonchev–Trinajstić information content (AvgIpc) is 2.94. The molecule has 19 heavy (non-hydrogen) atoms. The van der Waals surface area contributed by atoms with E-state index in [1.807, 2.05) is 13.0 Å². The minimum Gasteiger partial charge on any atom is -0.497 e. The number of aromatic nitrogens is 2. The van der Waals surface area contributed by atoms with Crippen LogP contribution in [0.4, 0.5) is 0 Å². The van der Waals surface area contributed by atoms with Gasteiger partial charge in [0.25, 0.3) is 0 Å². The Morgan fingerprint density at radius 3 is 2.63 bits per heavy atom. The van der Waals surface area contributed by atoms with Gasteiger partial charge in [-0.15, -0.1) is 0 Å². The molecule has 1 aromatic heterocycles. The molecular formula is C14H15N3O2. The summed E-state index contributed by atoms with van der Waals surface area (Å²) in [5.74, 6) is 1.44. The number of nitriles is 1. The number of nitrogens with zero attached hydrogens (tertiary/aromatic N) is 2. The molecule has 5 heteroatoms. The first-order chi connectivity index (χ1) is 9.21. The van der Waals surface area contributed by atoms with Crippen LogP contribution in [0.2, 0.25) is 0 Å². The van der Waals surface area contributed by atoms with E-state index in [9.17, 15) is 5.26 Å². The van der Waals surface area contributed by atoms with Crippen molar-refractivity contribution < 1.29 is 9.47 Å². The number of hydrogen-bond donors (Lipinski definition) is 1. The zero-order valence-electron chi connectivity index (χ0n) is 11.1. The van der Waals surface area contributed by atoms with E-state index in [1.165, 1.54) is 0 Å². The molecule has 2 aromatic rings. The molecule has 0 aliphatic rings. The minimum absolute atomic E-state index is 0.490. The molecule has 0 amide bonds. The maximum Gasteiger partial charge on any atom is 0.133 e. The number of imidazole rings is 1. The van der Waals surface area contributed by atoms with Crippen LogP contribution in [0, 0.1) is 18.3 Å². The van der Waals surface area contributed by atoms with Crippen molar-refractivity contribution in [3.63, 3.8) is 0 Å². The summed E-state index contributed by atoms with van der Waals surface area (Å²) in [5, 5.41) is 9.43. The van der Waals surface area contributed by atoms with Crippen LogP contribution >= 0.6 is 0 Å². The molecule has 0 spiro atoms. The fourth-order valence-corrected chi connectivity index (χ4v) is 2.09. The predicted octanol–water partition coefficient (Wildman–Crippen LogP) is 2.39. The van der Waals surface area contributed by atoms with E-state index in [4.69, 9.17) is 9.47 Å². The topological polar surface area (TPSA) is 70.9 Å². The Labute approximate surface area is 111 Å². The largest absolute Gasteiger partial charge is 0.497 e. The maximum absolute atomic E-state index is 9.43. The zero-order valence-corrected chi connectivity index (χ0v) is 11.1. The van der Waals surface area contributed by atoms with Crippen molar-refractivity contribution in [3.05, 3.63) is 41.5 Å². The Morgan fingerprint density at radius 1 is 1.32 bits per heavy atom. The van der Waals surface area contributed by atoms with E-state index >= 15 is 0 Å². The monoisotopic (exact) mass is 257 g/mol. The summed E-state index contributed by atoms with van der Waals surface area (Å²) in [7, 11) is 3.18. The number of rotatable bonds is 4. The number of aromatic amines is 1. The van der Waals surface area contributed by atoms with Gasteiger partial charge in [0.2, 0.25) is 0 Å². The van der Waals surface area contributed by atoms with Crippen molar-refractivity contribution in [1.82, 2.24) is 9.97 Å². The van der Waals surface area contributed by atoms with E-state index in [-0.39, 0.29) is 0 Å². The van der Waals surface area contributed by atoms with Crippen LogP contribution in [0.1, 0.15) is 22.9 Å². The number of H-pyrrole nitrogens is 1. The molecular weight excluding hydrogens is 242 g/mol. The zero-order chi connectivity index (χ0) is 13.8. The van der Waals surface area contributed by atoms with Gasteiger partial charge in [-0.1, -0.05) is 0 Å². The van der Waals surface area contributed by atoms with Crippen LogP contribution in [0.5, 0.6) is 11.5 Å². The molecule has 1 aromatic carbocycles. The lowest BCUT2D eigenvalue weighted by molar-refractivity contribution is 0.390. The Balaban J connectivity index is 2.58. The second-order valence-electron chi connectivity index (χ2n) is 4.10. The molecule has 1 N–H and O–H groups in total. The van der Waals surface area contributed by atoms with E-state index in [2.05, 4.69) is 16.0 Å². The van der Waals surface area contributed by atoms with Crippen molar-refractivity contribution in [3.8, 4) is 17.6 Å². The van der Waals surface area contributed by atoms with Gasteiger partial charge >= 0.3 is 0 Å². The van der Waals surface area contributed by atoms with Crippen LogP contribution < -0.4 is 9.47 Å². The minimum atomic E-state index is -0.490. The van der Waals surface area contributed by atoms with E-state index in [1.54, 1.807) is 32.7 Å². The molecule has 0 saturated heterocycles. The standard InChI is InChI=1S/C14H15N3O2/c1-9-6-10(18-2)7-12(19-3)13(9)11(8-15)14-16-4-5-17-14/h4-7,11H,1-3H3,(H,16,17). The maximum atomic E-state index is 9.43. The van der Waals surface area contributed by atoms with Crippen LogP contribution in [-0.4, -0.2) is 24.2 Å². The van der Waals surface area contributed by atoms with Crippen molar-refractivity contribution in [2.24, 2.45) is 0 Å². The Kier molecular flexibility index (Phi) is 3.71. The molecule has 1 unspecified atom stereocenters. The van der Waals surface area contributed by atoms with Gasteiger partial charge in [-0.2, -0.15) is 5.26 Å². The highest BCUT2D eigenvalue weighted by atomic mass is 16.5. The second-order valence-corrected chi connectivity index (χ2v) is 4.10. The van der Waals surface area contributed by atoms with Gasteiger partial charge in [-0.05, 0) is 18.6 Å². The molecule has 5 nitrogen and oxygen atoms in total. The normalized spacial score (nSPS) is 11.7. The van der Waals surface area contributed by atoms with Gasteiger partial charge in [0.1, 0.15) is 23.2 Å². The number of nitrogens with one attached hydrogen (secondary N) is 1. The molecule has 1 atom stereocenters. The summed E-state index contributed by atoms with van der Waals surface area (Å²) in [5.41, 5.74) is 1.74. The average molecular weight is 257 g/mol. The van der Waals surface area contributed by atoms with Crippen molar-refractivity contribution in [2.45, 2.75) is 12.8 Å². The number of aryl methyl sites for hydroxylation is 1.